The Balaban J connectivity index is 1.82. The molecule has 0 radical (unpaired) electrons. The first-order valence-corrected chi connectivity index (χ1v) is 9.65. The van der Waals surface area contributed by atoms with Crippen LogP contribution in [0.3, 0.4) is 0 Å². The van der Waals surface area contributed by atoms with E-state index in [1.165, 1.54) is 16.9 Å². The van der Waals surface area contributed by atoms with E-state index < -0.39 is 6.09 Å². The molecule has 0 fully saturated rings. The van der Waals surface area contributed by atoms with Crippen molar-refractivity contribution in [1.82, 2.24) is 14.8 Å². The summed E-state index contributed by atoms with van der Waals surface area (Å²) in [6, 6.07) is 11.8. The molecule has 0 aliphatic rings. The number of pyridine rings is 1. The van der Waals surface area contributed by atoms with Crippen molar-refractivity contribution in [2.24, 2.45) is 0 Å². The van der Waals surface area contributed by atoms with E-state index in [4.69, 9.17) is 27.9 Å². The van der Waals surface area contributed by atoms with Crippen LogP contribution in [0.5, 0.6) is 0 Å². The summed E-state index contributed by atoms with van der Waals surface area (Å²) in [5.41, 5.74) is 2.11. The van der Waals surface area contributed by atoms with Gasteiger partial charge in [-0.05, 0) is 24.1 Å². The molecule has 2 heterocycles. The largest absolute Gasteiger partial charge is 0.449 e. The zero-order valence-electron chi connectivity index (χ0n) is 15.6. The van der Waals surface area contributed by atoms with E-state index in [-0.39, 0.29) is 22.2 Å². The highest BCUT2D eigenvalue weighted by Crippen LogP contribution is 2.18. The van der Waals surface area contributed by atoms with Gasteiger partial charge in [0, 0.05) is 36.5 Å². The number of ether oxygens (including phenoxy) is 1. The standard InChI is InChI=1S/C20H18Cl2N4O3/c1-2-8-29-20(28)23-14-5-3-4-13(9-14)10-16-17(27)6-7-26(25-16)15-11-18(21)24-19(22)12-15/h3-7,9,11-12H,2,8,10H2,1H3,(H,23,28). The van der Waals surface area contributed by atoms with Gasteiger partial charge in [0.2, 0.25) is 5.43 Å². The Morgan fingerprint density at radius 1 is 1.17 bits per heavy atom. The van der Waals surface area contributed by atoms with Gasteiger partial charge in [-0.1, -0.05) is 42.3 Å². The summed E-state index contributed by atoms with van der Waals surface area (Å²) >= 11 is 11.9. The minimum atomic E-state index is -0.518. The van der Waals surface area contributed by atoms with Gasteiger partial charge in [-0.2, -0.15) is 5.10 Å². The summed E-state index contributed by atoms with van der Waals surface area (Å²) in [6.07, 6.45) is 2.05. The molecular formula is C20H18Cl2N4O3. The molecule has 0 aliphatic carbocycles. The van der Waals surface area contributed by atoms with Gasteiger partial charge in [-0.15, -0.1) is 0 Å². The lowest BCUT2D eigenvalue weighted by Crippen LogP contribution is -2.17. The Morgan fingerprint density at radius 2 is 1.93 bits per heavy atom. The van der Waals surface area contributed by atoms with E-state index in [0.29, 0.717) is 23.7 Å². The molecule has 29 heavy (non-hydrogen) atoms. The lowest BCUT2D eigenvalue weighted by atomic mass is 10.1. The van der Waals surface area contributed by atoms with Crippen molar-refractivity contribution in [2.75, 3.05) is 11.9 Å². The molecule has 0 unspecified atom stereocenters. The van der Waals surface area contributed by atoms with Gasteiger partial charge in [-0.25, -0.2) is 14.5 Å². The van der Waals surface area contributed by atoms with Crippen LogP contribution in [0.4, 0.5) is 10.5 Å². The lowest BCUT2D eigenvalue weighted by Gasteiger charge is -2.10. The average Bonchev–Trinajstić information content (AvgIpc) is 2.67. The van der Waals surface area contributed by atoms with Crippen molar-refractivity contribution in [3.05, 3.63) is 80.4 Å². The quantitative estimate of drug-likeness (QED) is 0.580. The molecule has 0 aliphatic heterocycles. The maximum absolute atomic E-state index is 12.3. The Hall–Kier alpha value is -2.90. The highest BCUT2D eigenvalue weighted by atomic mass is 35.5. The van der Waals surface area contributed by atoms with Crippen molar-refractivity contribution >= 4 is 35.0 Å². The van der Waals surface area contributed by atoms with Gasteiger partial charge < -0.3 is 4.74 Å². The van der Waals surface area contributed by atoms with Crippen LogP contribution < -0.4 is 10.7 Å². The summed E-state index contributed by atoms with van der Waals surface area (Å²) in [7, 11) is 0. The predicted molar refractivity (Wildman–Crippen MR) is 112 cm³/mol. The number of nitrogens with one attached hydrogen (secondary N) is 1. The summed E-state index contributed by atoms with van der Waals surface area (Å²) in [5, 5.41) is 7.51. The fraction of sp³-hybridized carbons (Fsp3) is 0.200. The van der Waals surface area contributed by atoms with Crippen LogP contribution in [0, 0.1) is 0 Å². The van der Waals surface area contributed by atoms with Crippen LogP contribution in [0.15, 0.2) is 53.5 Å². The minimum Gasteiger partial charge on any atom is -0.449 e. The third kappa shape index (κ3) is 5.79. The number of carbonyl (C=O) groups excluding carboxylic acids is 1. The zero-order chi connectivity index (χ0) is 20.8. The SMILES string of the molecule is CCCOC(=O)Nc1cccc(Cc2nn(-c3cc(Cl)nc(Cl)c3)ccc2=O)c1. The molecule has 0 atom stereocenters. The molecule has 0 saturated heterocycles. The number of nitrogens with zero attached hydrogens (tertiary/aromatic N) is 3. The maximum atomic E-state index is 12.3. The number of halogens is 2. The van der Waals surface area contributed by atoms with E-state index >= 15 is 0 Å². The first-order chi connectivity index (χ1) is 13.9. The topological polar surface area (TPSA) is 86.1 Å². The summed E-state index contributed by atoms with van der Waals surface area (Å²) < 4.78 is 6.53. The highest BCUT2D eigenvalue weighted by Gasteiger charge is 2.09. The van der Waals surface area contributed by atoms with E-state index in [2.05, 4.69) is 15.4 Å². The third-order valence-electron chi connectivity index (χ3n) is 3.87. The number of carbonyl (C=O) groups is 1. The zero-order valence-corrected chi connectivity index (χ0v) is 17.1. The Kier molecular flexibility index (Phi) is 6.85. The molecular weight excluding hydrogens is 415 g/mol. The van der Waals surface area contributed by atoms with Gasteiger partial charge in [0.1, 0.15) is 16.0 Å². The normalized spacial score (nSPS) is 10.6. The van der Waals surface area contributed by atoms with Crippen LogP contribution in [0.25, 0.3) is 5.69 Å². The monoisotopic (exact) mass is 432 g/mol. The molecule has 2 aromatic heterocycles. The molecule has 3 rings (SSSR count). The fourth-order valence-electron chi connectivity index (χ4n) is 2.60. The maximum Gasteiger partial charge on any atom is 0.411 e. The number of amides is 1. The Labute approximate surface area is 177 Å². The van der Waals surface area contributed by atoms with Crippen LogP contribution in [-0.4, -0.2) is 27.5 Å². The first kappa shape index (κ1) is 20.8. The van der Waals surface area contributed by atoms with Crippen LogP contribution in [0.1, 0.15) is 24.6 Å². The van der Waals surface area contributed by atoms with Gasteiger partial charge in [-0.3, -0.25) is 10.1 Å². The molecule has 1 aromatic carbocycles. The van der Waals surface area contributed by atoms with Gasteiger partial charge in [0.25, 0.3) is 0 Å². The van der Waals surface area contributed by atoms with Crippen molar-refractivity contribution in [1.29, 1.82) is 0 Å². The van der Waals surface area contributed by atoms with E-state index in [1.54, 1.807) is 30.3 Å². The fourth-order valence-corrected chi connectivity index (χ4v) is 3.05. The number of hydrogen-bond acceptors (Lipinski definition) is 5. The Bertz CT molecular complexity index is 1070. The highest BCUT2D eigenvalue weighted by molar-refractivity contribution is 6.32. The molecule has 0 spiro atoms. The van der Waals surface area contributed by atoms with Crippen molar-refractivity contribution in [3.8, 4) is 5.69 Å². The second-order valence-electron chi connectivity index (χ2n) is 6.18. The molecule has 150 valence electrons. The van der Waals surface area contributed by atoms with Crippen molar-refractivity contribution in [2.45, 2.75) is 19.8 Å². The smallest absolute Gasteiger partial charge is 0.411 e. The molecule has 0 saturated carbocycles. The number of benzene rings is 1. The second kappa shape index (κ2) is 9.54. The van der Waals surface area contributed by atoms with Gasteiger partial charge >= 0.3 is 6.09 Å². The van der Waals surface area contributed by atoms with Crippen molar-refractivity contribution in [3.63, 3.8) is 0 Å². The number of hydrogen-bond donors (Lipinski definition) is 1. The Morgan fingerprint density at radius 3 is 2.66 bits per heavy atom. The van der Waals surface area contributed by atoms with Crippen LogP contribution in [0.2, 0.25) is 10.3 Å². The van der Waals surface area contributed by atoms with Gasteiger partial charge in [0.05, 0.1) is 12.3 Å². The lowest BCUT2D eigenvalue weighted by molar-refractivity contribution is 0.161. The average molecular weight is 433 g/mol. The molecule has 7 nitrogen and oxygen atoms in total. The third-order valence-corrected chi connectivity index (χ3v) is 4.26. The van der Waals surface area contributed by atoms with E-state index in [9.17, 15) is 9.59 Å². The molecule has 1 amide bonds. The number of aromatic nitrogens is 3. The van der Waals surface area contributed by atoms with Crippen LogP contribution >= 0.6 is 23.2 Å². The molecule has 3 aromatic rings. The molecule has 0 bridgehead atoms. The molecule has 1 N–H and O–H groups in total. The summed E-state index contributed by atoms with van der Waals surface area (Å²) in [6.45, 7) is 2.27. The van der Waals surface area contributed by atoms with E-state index in [0.717, 1.165) is 12.0 Å². The van der Waals surface area contributed by atoms with Crippen molar-refractivity contribution < 1.29 is 9.53 Å². The number of rotatable bonds is 6. The first-order valence-electron chi connectivity index (χ1n) is 8.89. The van der Waals surface area contributed by atoms with Gasteiger partial charge in [0.15, 0.2) is 0 Å². The minimum absolute atomic E-state index is 0.201. The molecule has 9 heteroatoms. The second-order valence-corrected chi connectivity index (χ2v) is 6.95. The van der Waals surface area contributed by atoms with E-state index in [1.807, 2.05) is 13.0 Å². The van der Waals surface area contributed by atoms with Crippen LogP contribution in [-0.2, 0) is 11.2 Å². The number of anilines is 1. The summed E-state index contributed by atoms with van der Waals surface area (Å²) in [5.74, 6) is 0. The summed E-state index contributed by atoms with van der Waals surface area (Å²) in [4.78, 5) is 27.9. The predicted octanol–water partition coefficient (Wildman–Crippen LogP) is 4.48.